The van der Waals surface area contributed by atoms with Crippen LogP contribution in [-0.4, -0.2) is 15.0 Å². The summed E-state index contributed by atoms with van der Waals surface area (Å²) in [5, 5.41) is 6.19. The van der Waals surface area contributed by atoms with E-state index in [2.05, 4.69) is 147 Å². The zero-order valence-corrected chi connectivity index (χ0v) is 31.2. The minimum atomic E-state index is -0.112. The molecule has 57 heavy (non-hydrogen) atoms. The molecule has 0 amide bonds. The van der Waals surface area contributed by atoms with Gasteiger partial charge in [-0.15, -0.1) is 0 Å². The van der Waals surface area contributed by atoms with Crippen LogP contribution in [0.3, 0.4) is 0 Å². The number of rotatable bonds is 4. The van der Waals surface area contributed by atoms with E-state index in [4.69, 9.17) is 23.8 Å². The molecule has 3 aromatic heterocycles. The van der Waals surface area contributed by atoms with Crippen LogP contribution in [0.15, 0.2) is 173 Å². The van der Waals surface area contributed by atoms with Crippen molar-refractivity contribution in [1.29, 1.82) is 0 Å². The Morgan fingerprint density at radius 2 is 1.04 bits per heavy atom. The van der Waals surface area contributed by atoms with Crippen LogP contribution in [0.25, 0.3) is 111 Å². The Bertz CT molecular complexity index is 3450. The smallest absolute Gasteiger partial charge is 0.164 e. The van der Waals surface area contributed by atoms with Crippen LogP contribution in [0.2, 0.25) is 0 Å². The Morgan fingerprint density at radius 1 is 0.386 bits per heavy atom. The molecule has 5 nitrogen and oxygen atoms in total. The predicted octanol–water partition coefficient (Wildman–Crippen LogP) is 13.8. The average molecular weight is 732 g/mol. The summed E-state index contributed by atoms with van der Waals surface area (Å²) in [6.07, 6.45) is 0. The first-order valence-electron chi connectivity index (χ1n) is 19.3. The molecule has 0 radical (unpaired) electrons. The Morgan fingerprint density at radius 3 is 1.86 bits per heavy atom. The number of hydrogen-bond acceptors (Lipinski definition) is 5. The fourth-order valence-electron chi connectivity index (χ4n) is 9.17. The molecule has 1 aliphatic rings. The summed E-state index contributed by atoms with van der Waals surface area (Å²) in [4.78, 5) is 16.0. The minimum Gasteiger partial charge on any atom is -0.456 e. The van der Waals surface area contributed by atoms with Gasteiger partial charge in [0.25, 0.3) is 0 Å². The number of hydrogen-bond donors (Lipinski definition) is 0. The molecular formula is C52H33N3O2. The summed E-state index contributed by atoms with van der Waals surface area (Å²) >= 11 is 0. The molecule has 0 aliphatic heterocycles. The maximum atomic E-state index is 6.62. The largest absolute Gasteiger partial charge is 0.456 e. The third-order valence-corrected chi connectivity index (χ3v) is 11.9. The van der Waals surface area contributed by atoms with Gasteiger partial charge in [-0.2, -0.15) is 0 Å². The van der Waals surface area contributed by atoms with Crippen molar-refractivity contribution in [2.24, 2.45) is 0 Å². The quantitative estimate of drug-likeness (QED) is 0.180. The second kappa shape index (κ2) is 11.8. The summed E-state index contributed by atoms with van der Waals surface area (Å²) < 4.78 is 13.1. The Kier molecular flexibility index (Phi) is 6.62. The highest BCUT2D eigenvalue weighted by atomic mass is 16.3. The number of furan rings is 2. The first kappa shape index (κ1) is 31.9. The Labute approximate surface area is 327 Å². The van der Waals surface area contributed by atoms with Crippen LogP contribution >= 0.6 is 0 Å². The molecular weight excluding hydrogens is 699 g/mol. The van der Waals surface area contributed by atoms with Crippen molar-refractivity contribution in [2.45, 2.75) is 19.3 Å². The lowest BCUT2D eigenvalue weighted by atomic mass is 9.82. The topological polar surface area (TPSA) is 65.0 Å². The Hall–Kier alpha value is -7.37. The highest BCUT2D eigenvalue weighted by molar-refractivity contribution is 6.19. The van der Waals surface area contributed by atoms with Gasteiger partial charge in [0.05, 0.1) is 0 Å². The van der Waals surface area contributed by atoms with Gasteiger partial charge in [-0.25, -0.2) is 15.0 Å². The summed E-state index contributed by atoms with van der Waals surface area (Å²) in [6.45, 7) is 4.60. The van der Waals surface area contributed by atoms with Crippen molar-refractivity contribution in [1.82, 2.24) is 15.0 Å². The van der Waals surface area contributed by atoms with E-state index in [9.17, 15) is 0 Å². The second-order valence-corrected chi connectivity index (χ2v) is 15.5. The summed E-state index contributed by atoms with van der Waals surface area (Å²) in [6, 6.07) is 57.1. The van der Waals surface area contributed by atoms with Gasteiger partial charge >= 0.3 is 0 Å². The van der Waals surface area contributed by atoms with Crippen LogP contribution in [-0.2, 0) is 5.41 Å². The van der Waals surface area contributed by atoms with E-state index >= 15 is 0 Å². The molecule has 0 bridgehead atoms. The zero-order valence-electron chi connectivity index (χ0n) is 31.2. The van der Waals surface area contributed by atoms with Crippen LogP contribution in [0, 0.1) is 0 Å². The standard InChI is InChI=1S/C52H33N3O2/c1-52(2)41-19-9-8-16-35(41)39-29-33(23-26-42(39)52)49-53-50(37-17-11-21-45-46(37)36-25-22-31-14-6-7-15-34(31)48(36)57-45)55-51(54-49)38-18-10-20-44-47(38)40-28-32(24-27-43(40)56-44)30-12-4-3-5-13-30/h3-29H,1-2H3. The molecule has 8 aromatic carbocycles. The monoisotopic (exact) mass is 731 g/mol. The van der Waals surface area contributed by atoms with E-state index < -0.39 is 0 Å². The first-order chi connectivity index (χ1) is 28.0. The van der Waals surface area contributed by atoms with E-state index in [1.54, 1.807) is 0 Å². The van der Waals surface area contributed by atoms with Crippen LogP contribution < -0.4 is 0 Å². The highest BCUT2D eigenvalue weighted by Crippen LogP contribution is 2.50. The SMILES string of the molecule is CC1(C)c2ccccc2-c2cc(-c3nc(-c4cccc5oc6ccc(-c7ccccc7)cc6c45)nc(-c4cccc5oc6c7ccccc7ccc6c45)n3)ccc21. The van der Waals surface area contributed by atoms with E-state index in [0.29, 0.717) is 17.5 Å². The van der Waals surface area contributed by atoms with Gasteiger partial charge in [-0.3, -0.25) is 0 Å². The third kappa shape index (κ3) is 4.72. The summed E-state index contributed by atoms with van der Waals surface area (Å²) in [7, 11) is 0. The number of aromatic nitrogens is 3. The van der Waals surface area contributed by atoms with Gasteiger partial charge < -0.3 is 8.83 Å². The zero-order chi connectivity index (χ0) is 37.8. The molecule has 0 atom stereocenters. The molecule has 5 heteroatoms. The number of nitrogens with zero attached hydrogens (tertiary/aromatic N) is 3. The van der Waals surface area contributed by atoms with E-state index in [1.807, 2.05) is 30.3 Å². The van der Waals surface area contributed by atoms with Crippen molar-refractivity contribution in [3.63, 3.8) is 0 Å². The highest BCUT2D eigenvalue weighted by Gasteiger charge is 2.35. The molecule has 11 aromatic rings. The fourth-order valence-corrected chi connectivity index (χ4v) is 9.17. The molecule has 268 valence electrons. The molecule has 12 rings (SSSR count). The van der Waals surface area contributed by atoms with Gasteiger partial charge in [0.2, 0.25) is 0 Å². The van der Waals surface area contributed by atoms with Crippen LogP contribution in [0.4, 0.5) is 0 Å². The van der Waals surface area contributed by atoms with Crippen molar-refractivity contribution in [3.8, 4) is 56.4 Å². The van der Waals surface area contributed by atoms with Gasteiger partial charge in [0.15, 0.2) is 17.5 Å². The maximum Gasteiger partial charge on any atom is 0.164 e. The summed E-state index contributed by atoms with van der Waals surface area (Å²) in [5.74, 6) is 1.75. The van der Waals surface area contributed by atoms with Crippen molar-refractivity contribution < 1.29 is 8.83 Å². The first-order valence-corrected chi connectivity index (χ1v) is 19.3. The number of benzene rings is 8. The van der Waals surface area contributed by atoms with E-state index in [-0.39, 0.29) is 5.41 Å². The Balaban J connectivity index is 1.13. The van der Waals surface area contributed by atoms with Gasteiger partial charge in [-0.05, 0) is 75.2 Å². The van der Waals surface area contributed by atoms with Crippen molar-refractivity contribution >= 4 is 54.6 Å². The molecule has 0 spiro atoms. The molecule has 1 aliphatic carbocycles. The van der Waals surface area contributed by atoms with E-state index in [0.717, 1.165) is 82.5 Å². The third-order valence-electron chi connectivity index (χ3n) is 11.9. The lowest BCUT2D eigenvalue weighted by molar-refractivity contribution is 0.660. The lowest BCUT2D eigenvalue weighted by Crippen LogP contribution is -2.14. The molecule has 0 saturated carbocycles. The van der Waals surface area contributed by atoms with Crippen LogP contribution in [0.5, 0.6) is 0 Å². The lowest BCUT2D eigenvalue weighted by Gasteiger charge is -2.21. The van der Waals surface area contributed by atoms with Gasteiger partial charge in [0, 0.05) is 49.0 Å². The van der Waals surface area contributed by atoms with Crippen molar-refractivity contribution in [2.75, 3.05) is 0 Å². The maximum absolute atomic E-state index is 6.62. The molecule has 0 saturated heterocycles. The van der Waals surface area contributed by atoms with Gasteiger partial charge in [-0.1, -0.05) is 141 Å². The van der Waals surface area contributed by atoms with E-state index in [1.165, 1.54) is 22.3 Å². The average Bonchev–Trinajstić information content (AvgIpc) is 3.91. The van der Waals surface area contributed by atoms with Crippen LogP contribution in [0.1, 0.15) is 25.0 Å². The minimum absolute atomic E-state index is 0.112. The normalized spacial score (nSPS) is 13.2. The number of fused-ring (bicyclic) bond motifs is 11. The predicted molar refractivity (Wildman–Crippen MR) is 231 cm³/mol. The molecule has 0 N–H and O–H groups in total. The van der Waals surface area contributed by atoms with Gasteiger partial charge in [0.1, 0.15) is 22.3 Å². The second-order valence-electron chi connectivity index (χ2n) is 15.5. The molecule has 0 unspecified atom stereocenters. The molecule has 0 fully saturated rings. The fraction of sp³-hybridized carbons (Fsp3) is 0.0577. The van der Waals surface area contributed by atoms with Crippen molar-refractivity contribution in [3.05, 3.63) is 175 Å². The summed E-state index contributed by atoms with van der Waals surface area (Å²) in [5.41, 5.74) is 13.2. The molecule has 3 heterocycles.